The Morgan fingerprint density at radius 2 is 2.04 bits per heavy atom. The van der Waals surface area contributed by atoms with Gasteiger partial charge in [-0.05, 0) is 61.2 Å². The Morgan fingerprint density at radius 3 is 2.88 bits per heavy atom. The molecule has 2 nitrogen and oxygen atoms in total. The van der Waals surface area contributed by atoms with Crippen molar-refractivity contribution in [3.05, 3.63) is 29.3 Å². The average molecular weight is 346 g/mol. The Labute approximate surface area is 151 Å². The summed E-state index contributed by atoms with van der Waals surface area (Å²) in [5.74, 6) is 4.18. The highest BCUT2D eigenvalue weighted by atomic mass is 32.2. The van der Waals surface area contributed by atoms with Gasteiger partial charge in [0, 0.05) is 29.8 Å². The third-order valence-electron chi connectivity index (χ3n) is 6.19. The van der Waals surface area contributed by atoms with E-state index in [9.17, 15) is 0 Å². The summed E-state index contributed by atoms with van der Waals surface area (Å²) < 4.78 is 6.24. The number of ether oxygens (including phenoxy) is 1. The van der Waals surface area contributed by atoms with Gasteiger partial charge in [-0.1, -0.05) is 31.9 Å². The summed E-state index contributed by atoms with van der Waals surface area (Å²) in [5, 5.41) is 3.94. The predicted octanol–water partition coefficient (Wildman–Crippen LogP) is 5.43. The summed E-state index contributed by atoms with van der Waals surface area (Å²) in [6.07, 6.45) is 9.45. The van der Waals surface area contributed by atoms with Gasteiger partial charge in [0.1, 0.15) is 0 Å². The lowest BCUT2D eigenvalue weighted by Gasteiger charge is -2.42. The number of aryl methyl sites for hydroxylation is 1. The molecular formula is C21H31NOS. The molecule has 3 heteroatoms. The van der Waals surface area contributed by atoms with E-state index < -0.39 is 0 Å². The first-order valence-corrected chi connectivity index (χ1v) is 11.1. The van der Waals surface area contributed by atoms with Crippen molar-refractivity contribution in [3.8, 4) is 0 Å². The van der Waals surface area contributed by atoms with Crippen LogP contribution in [0.5, 0.6) is 0 Å². The smallest absolute Gasteiger partial charge is 0.0893 e. The van der Waals surface area contributed by atoms with E-state index in [1.807, 2.05) is 0 Å². The van der Waals surface area contributed by atoms with Gasteiger partial charge in [0.25, 0.3) is 0 Å². The number of hydrogen-bond acceptors (Lipinski definition) is 3. The largest absolute Gasteiger partial charge is 0.381 e. The van der Waals surface area contributed by atoms with Crippen LogP contribution in [0, 0.1) is 11.8 Å². The van der Waals surface area contributed by atoms with Crippen LogP contribution in [0.25, 0.3) is 0 Å². The molecule has 4 rings (SSSR count). The van der Waals surface area contributed by atoms with Gasteiger partial charge < -0.3 is 10.1 Å². The SMILES string of the molecule is CCCCCc1ccc2c(c1)[C@H]1OCC[C@H]1[C@@H](C1CCSCC1)N2. The number of unbranched alkanes of at least 4 members (excludes halogenated alkanes) is 2. The van der Waals surface area contributed by atoms with E-state index in [1.54, 1.807) is 0 Å². The first kappa shape index (κ1) is 16.8. The molecule has 1 aromatic carbocycles. The van der Waals surface area contributed by atoms with E-state index in [0.29, 0.717) is 18.1 Å². The summed E-state index contributed by atoms with van der Waals surface area (Å²) >= 11 is 2.13. The zero-order valence-corrected chi connectivity index (χ0v) is 15.7. The molecule has 3 aliphatic rings. The van der Waals surface area contributed by atoms with Crippen LogP contribution < -0.4 is 5.32 Å². The Morgan fingerprint density at radius 1 is 1.17 bits per heavy atom. The van der Waals surface area contributed by atoms with Crippen molar-refractivity contribution in [2.45, 2.75) is 64.0 Å². The zero-order chi connectivity index (χ0) is 16.4. The van der Waals surface area contributed by atoms with E-state index in [-0.39, 0.29) is 0 Å². The average Bonchev–Trinajstić information content (AvgIpc) is 3.12. The van der Waals surface area contributed by atoms with Gasteiger partial charge in [0.05, 0.1) is 6.10 Å². The molecule has 0 saturated carbocycles. The molecule has 0 amide bonds. The predicted molar refractivity (Wildman–Crippen MR) is 104 cm³/mol. The van der Waals surface area contributed by atoms with Crippen molar-refractivity contribution in [2.75, 3.05) is 23.4 Å². The number of hydrogen-bond donors (Lipinski definition) is 1. The third-order valence-corrected chi connectivity index (χ3v) is 7.23. The number of rotatable bonds is 5. The van der Waals surface area contributed by atoms with Crippen LogP contribution in [-0.2, 0) is 11.2 Å². The van der Waals surface area contributed by atoms with E-state index in [4.69, 9.17) is 4.74 Å². The molecule has 1 aromatic rings. The van der Waals surface area contributed by atoms with Crippen molar-refractivity contribution in [3.63, 3.8) is 0 Å². The fraction of sp³-hybridized carbons (Fsp3) is 0.714. The van der Waals surface area contributed by atoms with Crippen LogP contribution >= 0.6 is 11.8 Å². The van der Waals surface area contributed by atoms with E-state index in [0.717, 1.165) is 12.5 Å². The lowest BCUT2D eigenvalue weighted by atomic mass is 9.76. The molecule has 0 aliphatic carbocycles. The number of anilines is 1. The molecule has 0 bridgehead atoms. The van der Waals surface area contributed by atoms with E-state index >= 15 is 0 Å². The Kier molecular flexibility index (Phi) is 5.38. The molecule has 2 saturated heterocycles. The lowest BCUT2D eigenvalue weighted by Crippen LogP contribution is -2.42. The first-order valence-electron chi connectivity index (χ1n) is 9.95. The van der Waals surface area contributed by atoms with Crippen molar-refractivity contribution >= 4 is 17.4 Å². The highest BCUT2D eigenvalue weighted by Crippen LogP contribution is 2.48. The number of benzene rings is 1. The van der Waals surface area contributed by atoms with Gasteiger partial charge in [-0.3, -0.25) is 0 Å². The van der Waals surface area contributed by atoms with Crippen molar-refractivity contribution in [1.82, 2.24) is 0 Å². The zero-order valence-electron chi connectivity index (χ0n) is 14.9. The molecule has 0 aromatic heterocycles. The highest BCUT2D eigenvalue weighted by Gasteiger charge is 2.43. The van der Waals surface area contributed by atoms with Gasteiger partial charge in [-0.15, -0.1) is 0 Å². The minimum atomic E-state index is 0.340. The lowest BCUT2D eigenvalue weighted by molar-refractivity contribution is 0.0756. The number of fused-ring (bicyclic) bond motifs is 3. The second kappa shape index (κ2) is 7.70. The monoisotopic (exact) mass is 345 g/mol. The molecule has 1 N–H and O–H groups in total. The molecule has 3 heterocycles. The first-order chi connectivity index (χ1) is 11.9. The van der Waals surface area contributed by atoms with Crippen molar-refractivity contribution in [2.24, 2.45) is 11.8 Å². The Balaban J connectivity index is 1.55. The summed E-state index contributed by atoms with van der Waals surface area (Å²) in [4.78, 5) is 0. The molecule has 0 unspecified atom stereocenters. The molecule has 24 heavy (non-hydrogen) atoms. The quantitative estimate of drug-likeness (QED) is 0.719. The molecule has 2 fully saturated rings. The fourth-order valence-electron chi connectivity index (χ4n) is 4.84. The second-order valence-corrected chi connectivity index (χ2v) is 8.97. The van der Waals surface area contributed by atoms with Gasteiger partial charge in [-0.2, -0.15) is 11.8 Å². The Bertz CT molecular complexity index is 555. The second-order valence-electron chi connectivity index (χ2n) is 7.74. The number of nitrogens with one attached hydrogen (secondary N) is 1. The van der Waals surface area contributed by atoms with Crippen LogP contribution in [0.1, 0.15) is 62.7 Å². The molecule has 132 valence electrons. The Hall–Kier alpha value is -0.670. The number of thioether (sulfide) groups is 1. The molecular weight excluding hydrogens is 314 g/mol. The standard InChI is InChI=1S/C21H31NOS/c1-2-3-4-5-15-6-7-19-18(14-15)21-17(8-11-23-21)20(22-19)16-9-12-24-13-10-16/h6-7,14,16-17,20-22H,2-5,8-13H2,1H3/t17-,20+,21-/m0/s1. The van der Waals surface area contributed by atoms with Crippen LogP contribution in [0.2, 0.25) is 0 Å². The van der Waals surface area contributed by atoms with Crippen molar-refractivity contribution < 1.29 is 4.74 Å². The maximum atomic E-state index is 6.24. The van der Waals surface area contributed by atoms with Crippen LogP contribution in [-0.4, -0.2) is 24.2 Å². The van der Waals surface area contributed by atoms with E-state index in [2.05, 4.69) is 42.2 Å². The van der Waals surface area contributed by atoms with Gasteiger partial charge in [-0.25, -0.2) is 0 Å². The maximum Gasteiger partial charge on any atom is 0.0893 e. The van der Waals surface area contributed by atoms with Crippen LogP contribution in [0.4, 0.5) is 5.69 Å². The van der Waals surface area contributed by atoms with Gasteiger partial charge >= 0.3 is 0 Å². The van der Waals surface area contributed by atoms with E-state index in [1.165, 1.54) is 73.3 Å². The summed E-state index contributed by atoms with van der Waals surface area (Å²) in [6.45, 7) is 3.21. The maximum absolute atomic E-state index is 6.24. The minimum absolute atomic E-state index is 0.340. The third kappa shape index (κ3) is 3.35. The van der Waals surface area contributed by atoms with Crippen LogP contribution in [0.3, 0.4) is 0 Å². The normalized spacial score (nSPS) is 29.8. The van der Waals surface area contributed by atoms with Crippen LogP contribution in [0.15, 0.2) is 18.2 Å². The molecule has 0 spiro atoms. The summed E-state index contributed by atoms with van der Waals surface area (Å²) in [7, 11) is 0. The van der Waals surface area contributed by atoms with Gasteiger partial charge in [0.15, 0.2) is 0 Å². The molecule has 0 radical (unpaired) electrons. The summed E-state index contributed by atoms with van der Waals surface area (Å²) in [6, 6.07) is 7.73. The summed E-state index contributed by atoms with van der Waals surface area (Å²) in [5.41, 5.74) is 4.28. The topological polar surface area (TPSA) is 21.3 Å². The highest BCUT2D eigenvalue weighted by molar-refractivity contribution is 7.99. The van der Waals surface area contributed by atoms with Gasteiger partial charge in [0.2, 0.25) is 0 Å². The fourth-order valence-corrected chi connectivity index (χ4v) is 5.98. The molecule has 3 aliphatic heterocycles. The minimum Gasteiger partial charge on any atom is -0.381 e. The van der Waals surface area contributed by atoms with Crippen molar-refractivity contribution in [1.29, 1.82) is 0 Å². The molecule has 3 atom stereocenters.